The van der Waals surface area contributed by atoms with Crippen LogP contribution in [0, 0.1) is 11.3 Å². The number of hydrogen-bond donors (Lipinski definition) is 0. The molecule has 6 nitrogen and oxygen atoms in total. The van der Waals surface area contributed by atoms with Gasteiger partial charge in [0.05, 0.1) is 17.4 Å². The lowest BCUT2D eigenvalue weighted by Crippen LogP contribution is -2.37. The van der Waals surface area contributed by atoms with E-state index in [1.165, 1.54) is 4.31 Å². The topological polar surface area (TPSA) is 81.5 Å². The molecule has 0 saturated carbocycles. The molecule has 7 heteroatoms. The number of rotatable bonds is 3. The standard InChI is InChI=1S/C15H19N3O3S/c1-2-22(20,21)18-8-4-7-17(9-10-18)15(19)14-6-3-5-13(11-14)12-16/h3,5-6,11H,2,4,7-10H2,1H3. The van der Waals surface area contributed by atoms with E-state index in [1.54, 1.807) is 36.1 Å². The summed E-state index contributed by atoms with van der Waals surface area (Å²) in [4.78, 5) is 14.1. The van der Waals surface area contributed by atoms with Crippen LogP contribution in [0.1, 0.15) is 29.3 Å². The Morgan fingerprint density at radius 3 is 2.73 bits per heavy atom. The third-order valence-electron chi connectivity index (χ3n) is 3.74. The average molecular weight is 321 g/mol. The SMILES string of the molecule is CCS(=O)(=O)N1CCCN(C(=O)c2cccc(C#N)c2)CC1. The van der Waals surface area contributed by atoms with Gasteiger partial charge in [0.1, 0.15) is 0 Å². The van der Waals surface area contributed by atoms with Gasteiger partial charge in [-0.1, -0.05) is 6.07 Å². The highest BCUT2D eigenvalue weighted by Gasteiger charge is 2.25. The fourth-order valence-corrected chi connectivity index (χ4v) is 3.59. The van der Waals surface area contributed by atoms with Crippen LogP contribution in [0.3, 0.4) is 0 Å². The summed E-state index contributed by atoms with van der Waals surface area (Å²) in [6.45, 7) is 3.27. The molecule has 0 N–H and O–H groups in total. The van der Waals surface area contributed by atoms with Gasteiger partial charge in [0.25, 0.3) is 5.91 Å². The molecule has 0 spiro atoms. The molecule has 0 atom stereocenters. The van der Waals surface area contributed by atoms with Gasteiger partial charge in [-0.2, -0.15) is 5.26 Å². The van der Waals surface area contributed by atoms with Crippen LogP contribution in [0.5, 0.6) is 0 Å². The first kappa shape index (κ1) is 16.5. The summed E-state index contributed by atoms with van der Waals surface area (Å²) < 4.78 is 25.3. The molecule has 1 fully saturated rings. The maximum Gasteiger partial charge on any atom is 0.253 e. The van der Waals surface area contributed by atoms with E-state index in [9.17, 15) is 13.2 Å². The van der Waals surface area contributed by atoms with Crippen molar-refractivity contribution in [1.82, 2.24) is 9.21 Å². The summed E-state index contributed by atoms with van der Waals surface area (Å²) >= 11 is 0. The zero-order valence-corrected chi connectivity index (χ0v) is 13.3. The third kappa shape index (κ3) is 3.64. The minimum Gasteiger partial charge on any atom is -0.337 e. The van der Waals surface area contributed by atoms with Crippen LogP contribution in [0.25, 0.3) is 0 Å². The van der Waals surface area contributed by atoms with Gasteiger partial charge in [0.15, 0.2) is 0 Å². The Kier molecular flexibility index (Phi) is 5.16. The van der Waals surface area contributed by atoms with Gasteiger partial charge >= 0.3 is 0 Å². The molecule has 0 aliphatic carbocycles. The van der Waals surface area contributed by atoms with E-state index in [-0.39, 0.29) is 11.7 Å². The van der Waals surface area contributed by atoms with Crippen molar-refractivity contribution in [3.63, 3.8) is 0 Å². The number of hydrogen-bond acceptors (Lipinski definition) is 4. The first-order valence-corrected chi connectivity index (χ1v) is 8.86. The summed E-state index contributed by atoms with van der Waals surface area (Å²) in [7, 11) is -3.22. The lowest BCUT2D eigenvalue weighted by Gasteiger charge is -2.21. The van der Waals surface area contributed by atoms with Crippen LogP contribution in [0.2, 0.25) is 0 Å². The normalized spacial score (nSPS) is 16.8. The first-order valence-electron chi connectivity index (χ1n) is 7.25. The molecule has 1 aromatic carbocycles. The first-order chi connectivity index (χ1) is 10.5. The summed E-state index contributed by atoms with van der Waals surface area (Å²) in [6, 6.07) is 8.58. The van der Waals surface area contributed by atoms with E-state index in [0.717, 1.165) is 0 Å². The quantitative estimate of drug-likeness (QED) is 0.833. The molecule has 0 unspecified atom stereocenters. The van der Waals surface area contributed by atoms with E-state index in [0.29, 0.717) is 43.7 Å². The van der Waals surface area contributed by atoms with Crippen molar-refractivity contribution < 1.29 is 13.2 Å². The molecule has 1 aliphatic rings. The van der Waals surface area contributed by atoms with Gasteiger partial charge < -0.3 is 4.90 Å². The van der Waals surface area contributed by atoms with Crippen molar-refractivity contribution in [3.05, 3.63) is 35.4 Å². The Morgan fingerprint density at radius 2 is 2.05 bits per heavy atom. The van der Waals surface area contributed by atoms with Gasteiger partial charge in [-0.05, 0) is 31.5 Å². The van der Waals surface area contributed by atoms with Crippen molar-refractivity contribution in [2.75, 3.05) is 31.9 Å². The van der Waals surface area contributed by atoms with Crippen LogP contribution >= 0.6 is 0 Å². The van der Waals surface area contributed by atoms with Crippen molar-refractivity contribution in [2.24, 2.45) is 0 Å². The molecule has 1 heterocycles. The molecule has 1 saturated heterocycles. The molecule has 1 aromatic rings. The van der Waals surface area contributed by atoms with E-state index < -0.39 is 10.0 Å². The third-order valence-corrected chi connectivity index (χ3v) is 5.62. The molecular weight excluding hydrogens is 302 g/mol. The van der Waals surface area contributed by atoms with Crippen molar-refractivity contribution in [3.8, 4) is 6.07 Å². The van der Waals surface area contributed by atoms with Crippen LogP contribution in [0.4, 0.5) is 0 Å². The van der Waals surface area contributed by atoms with Crippen molar-refractivity contribution in [1.29, 1.82) is 5.26 Å². The monoisotopic (exact) mass is 321 g/mol. The molecule has 0 aromatic heterocycles. The number of sulfonamides is 1. The molecule has 118 valence electrons. The molecule has 1 amide bonds. The zero-order valence-electron chi connectivity index (χ0n) is 12.5. The average Bonchev–Trinajstić information content (AvgIpc) is 2.80. The van der Waals surface area contributed by atoms with Gasteiger partial charge in [-0.25, -0.2) is 12.7 Å². The van der Waals surface area contributed by atoms with Crippen molar-refractivity contribution >= 4 is 15.9 Å². The highest BCUT2D eigenvalue weighted by molar-refractivity contribution is 7.89. The Morgan fingerprint density at radius 1 is 1.27 bits per heavy atom. The number of benzene rings is 1. The van der Waals surface area contributed by atoms with E-state index in [2.05, 4.69) is 0 Å². The predicted octanol–water partition coefficient (Wildman–Crippen LogP) is 1.06. The van der Waals surface area contributed by atoms with Crippen LogP contribution < -0.4 is 0 Å². The van der Waals surface area contributed by atoms with E-state index >= 15 is 0 Å². The maximum absolute atomic E-state index is 12.5. The molecule has 22 heavy (non-hydrogen) atoms. The molecule has 2 rings (SSSR count). The van der Waals surface area contributed by atoms with E-state index in [1.807, 2.05) is 6.07 Å². The summed E-state index contributed by atoms with van der Waals surface area (Å²) in [5.74, 6) is -0.0848. The number of nitriles is 1. The minimum absolute atomic E-state index is 0.0746. The Balaban J connectivity index is 2.11. The largest absolute Gasteiger partial charge is 0.337 e. The van der Waals surface area contributed by atoms with Crippen molar-refractivity contribution in [2.45, 2.75) is 13.3 Å². The second kappa shape index (κ2) is 6.90. The van der Waals surface area contributed by atoms with Gasteiger partial charge in [-0.3, -0.25) is 4.79 Å². The molecule has 0 bridgehead atoms. The van der Waals surface area contributed by atoms with Gasteiger partial charge in [0.2, 0.25) is 10.0 Å². The lowest BCUT2D eigenvalue weighted by atomic mass is 10.1. The van der Waals surface area contributed by atoms with Crippen LogP contribution in [-0.4, -0.2) is 55.5 Å². The zero-order chi connectivity index (χ0) is 16.2. The second-order valence-corrected chi connectivity index (χ2v) is 7.40. The molecule has 1 aliphatic heterocycles. The fraction of sp³-hybridized carbons (Fsp3) is 0.467. The van der Waals surface area contributed by atoms with Crippen LogP contribution in [0.15, 0.2) is 24.3 Å². The second-order valence-electron chi connectivity index (χ2n) is 5.14. The number of carbonyl (C=O) groups is 1. The highest BCUT2D eigenvalue weighted by atomic mass is 32.2. The Labute approximate surface area is 131 Å². The maximum atomic E-state index is 12.5. The Hall–Kier alpha value is -1.91. The number of amides is 1. The van der Waals surface area contributed by atoms with Gasteiger partial charge in [0, 0.05) is 31.7 Å². The van der Waals surface area contributed by atoms with E-state index in [4.69, 9.17) is 5.26 Å². The highest BCUT2D eigenvalue weighted by Crippen LogP contribution is 2.13. The molecule has 0 radical (unpaired) electrons. The minimum atomic E-state index is -3.22. The summed E-state index contributed by atoms with van der Waals surface area (Å²) in [6.07, 6.45) is 0.614. The van der Waals surface area contributed by atoms with Gasteiger partial charge in [-0.15, -0.1) is 0 Å². The summed E-state index contributed by atoms with van der Waals surface area (Å²) in [5, 5.41) is 8.90. The fourth-order valence-electron chi connectivity index (χ4n) is 2.46. The Bertz CT molecular complexity index is 694. The lowest BCUT2D eigenvalue weighted by molar-refractivity contribution is 0.0764. The predicted molar refractivity (Wildman–Crippen MR) is 82.7 cm³/mol. The summed E-state index contributed by atoms with van der Waals surface area (Å²) in [5.41, 5.74) is 0.904. The molecular formula is C15H19N3O3S. The number of carbonyl (C=O) groups excluding carboxylic acids is 1. The smallest absolute Gasteiger partial charge is 0.253 e. The van der Waals surface area contributed by atoms with Crippen LogP contribution in [-0.2, 0) is 10.0 Å². The number of nitrogens with zero attached hydrogens (tertiary/aromatic N) is 3.